The van der Waals surface area contributed by atoms with Gasteiger partial charge in [-0.15, -0.1) is 0 Å². The van der Waals surface area contributed by atoms with E-state index in [0.29, 0.717) is 17.7 Å². The second-order valence-electron chi connectivity index (χ2n) is 5.01. The van der Waals surface area contributed by atoms with Crippen molar-refractivity contribution in [3.05, 3.63) is 0 Å². The summed E-state index contributed by atoms with van der Waals surface area (Å²) in [5.41, 5.74) is 0. The van der Waals surface area contributed by atoms with E-state index in [2.05, 4.69) is 11.8 Å². The number of Topliss-reactive ketones (excluding diaryl/α,β-unsaturated/α-hetero) is 1. The molecular formula is C12H21NO2. The minimum Gasteiger partial charge on any atom is -0.390 e. The maximum atomic E-state index is 11.5. The summed E-state index contributed by atoms with van der Waals surface area (Å²) in [6, 6.07) is 0.426. The minimum atomic E-state index is -0.149. The fourth-order valence-corrected chi connectivity index (χ4v) is 2.93. The molecule has 1 saturated heterocycles. The van der Waals surface area contributed by atoms with Crippen molar-refractivity contribution < 1.29 is 9.90 Å². The Balaban J connectivity index is 1.94. The molecule has 1 heterocycles. The second-order valence-corrected chi connectivity index (χ2v) is 5.01. The Labute approximate surface area is 91.5 Å². The zero-order chi connectivity index (χ0) is 10.8. The molecule has 1 N–H and O–H groups in total. The molecule has 0 bridgehead atoms. The van der Waals surface area contributed by atoms with Crippen LogP contribution in [0.3, 0.4) is 0 Å². The number of β-amino-alcohol motifs (C(OH)–C–C–N with tert-alkyl or cyclic N) is 1. The first-order chi connectivity index (χ1) is 7.20. The third-order valence-corrected chi connectivity index (χ3v) is 3.79. The van der Waals surface area contributed by atoms with Crippen LogP contribution >= 0.6 is 0 Å². The van der Waals surface area contributed by atoms with Crippen molar-refractivity contribution in [2.45, 2.75) is 51.2 Å². The van der Waals surface area contributed by atoms with Crippen LogP contribution in [0, 0.1) is 5.92 Å². The van der Waals surface area contributed by atoms with Gasteiger partial charge in [-0.25, -0.2) is 0 Å². The second kappa shape index (κ2) is 4.62. The van der Waals surface area contributed by atoms with Gasteiger partial charge < -0.3 is 5.11 Å². The zero-order valence-corrected chi connectivity index (χ0v) is 9.48. The summed E-state index contributed by atoms with van der Waals surface area (Å²) in [6.07, 6.45) is 4.83. The molecule has 0 aromatic rings. The molecule has 0 spiro atoms. The number of aliphatic hydroxyl groups excluding tert-OH is 1. The van der Waals surface area contributed by atoms with Crippen molar-refractivity contribution in [1.29, 1.82) is 0 Å². The van der Waals surface area contributed by atoms with Crippen LogP contribution in [0.15, 0.2) is 0 Å². The number of aliphatic hydroxyl groups is 1. The number of nitrogens with zero attached hydrogens (tertiary/aromatic N) is 1. The lowest BCUT2D eigenvalue weighted by Gasteiger charge is -2.46. The fourth-order valence-electron chi connectivity index (χ4n) is 2.93. The maximum Gasteiger partial charge on any atom is 0.134 e. The van der Waals surface area contributed by atoms with Crippen LogP contribution in [0.1, 0.15) is 39.0 Å². The number of carbonyl (C=O) groups excluding carboxylic acids is 1. The summed E-state index contributed by atoms with van der Waals surface area (Å²) in [7, 11) is 0. The van der Waals surface area contributed by atoms with Crippen LogP contribution in [0.2, 0.25) is 0 Å². The zero-order valence-electron chi connectivity index (χ0n) is 9.48. The third-order valence-electron chi connectivity index (χ3n) is 3.79. The van der Waals surface area contributed by atoms with Gasteiger partial charge in [0.25, 0.3) is 0 Å². The Kier molecular flexibility index (Phi) is 3.42. The highest BCUT2D eigenvalue weighted by molar-refractivity contribution is 5.79. The van der Waals surface area contributed by atoms with Crippen LogP contribution in [0.4, 0.5) is 0 Å². The van der Waals surface area contributed by atoms with E-state index in [0.717, 1.165) is 32.4 Å². The summed E-state index contributed by atoms with van der Waals surface area (Å²) in [5, 5.41) is 9.30. The van der Waals surface area contributed by atoms with Crippen molar-refractivity contribution in [3.63, 3.8) is 0 Å². The normalized spacial score (nSPS) is 34.1. The minimum absolute atomic E-state index is 0.149. The molecule has 1 aliphatic heterocycles. The molecule has 1 aliphatic carbocycles. The predicted molar refractivity (Wildman–Crippen MR) is 58.6 cm³/mol. The third kappa shape index (κ3) is 2.40. The molecule has 2 fully saturated rings. The number of carbonyl (C=O) groups is 1. The molecule has 0 aromatic heterocycles. The largest absolute Gasteiger partial charge is 0.390 e. The molecule has 0 radical (unpaired) electrons. The Hall–Kier alpha value is -0.410. The molecule has 15 heavy (non-hydrogen) atoms. The first kappa shape index (κ1) is 11.1. The lowest BCUT2D eigenvalue weighted by Crippen LogP contribution is -2.58. The predicted octanol–water partition coefficient (Wildman–Crippen LogP) is 1.20. The van der Waals surface area contributed by atoms with Gasteiger partial charge in [0.2, 0.25) is 0 Å². The van der Waals surface area contributed by atoms with Crippen molar-refractivity contribution in [2.75, 3.05) is 13.1 Å². The van der Waals surface area contributed by atoms with Crippen molar-refractivity contribution in [2.24, 2.45) is 5.92 Å². The summed E-state index contributed by atoms with van der Waals surface area (Å²) in [6.45, 7) is 3.76. The van der Waals surface area contributed by atoms with Crippen LogP contribution in [-0.4, -0.2) is 41.0 Å². The molecule has 1 saturated carbocycles. The van der Waals surface area contributed by atoms with E-state index >= 15 is 0 Å². The van der Waals surface area contributed by atoms with E-state index in [1.165, 1.54) is 12.8 Å². The van der Waals surface area contributed by atoms with Crippen LogP contribution in [-0.2, 0) is 4.79 Å². The first-order valence-corrected chi connectivity index (χ1v) is 6.14. The van der Waals surface area contributed by atoms with E-state index in [9.17, 15) is 9.90 Å². The SMILES string of the molecule is CCCC1CCC(=O)CC1N1CC(O)C1. The van der Waals surface area contributed by atoms with E-state index in [1.54, 1.807) is 0 Å². The monoisotopic (exact) mass is 211 g/mol. The van der Waals surface area contributed by atoms with Gasteiger partial charge in [-0.05, 0) is 18.8 Å². The molecule has 3 heteroatoms. The van der Waals surface area contributed by atoms with Crippen LogP contribution in [0.25, 0.3) is 0 Å². The molecule has 2 atom stereocenters. The number of rotatable bonds is 3. The number of ketones is 1. The lowest BCUT2D eigenvalue weighted by atomic mass is 9.79. The van der Waals surface area contributed by atoms with E-state index in [1.807, 2.05) is 0 Å². The van der Waals surface area contributed by atoms with Gasteiger partial charge in [-0.1, -0.05) is 13.3 Å². The van der Waals surface area contributed by atoms with Gasteiger partial charge >= 0.3 is 0 Å². The molecule has 2 aliphatic rings. The van der Waals surface area contributed by atoms with Gasteiger partial charge in [0.1, 0.15) is 5.78 Å². The Morgan fingerprint density at radius 1 is 1.47 bits per heavy atom. The maximum absolute atomic E-state index is 11.5. The number of hydrogen-bond donors (Lipinski definition) is 1. The van der Waals surface area contributed by atoms with E-state index in [-0.39, 0.29) is 6.10 Å². The van der Waals surface area contributed by atoms with Crippen LogP contribution < -0.4 is 0 Å². The lowest BCUT2D eigenvalue weighted by molar-refractivity contribution is -0.126. The number of likely N-dealkylation sites (tertiary alicyclic amines) is 1. The quantitative estimate of drug-likeness (QED) is 0.762. The molecule has 2 unspecified atom stereocenters. The number of hydrogen-bond acceptors (Lipinski definition) is 3. The smallest absolute Gasteiger partial charge is 0.134 e. The van der Waals surface area contributed by atoms with Gasteiger partial charge in [0.05, 0.1) is 6.10 Å². The summed E-state index contributed by atoms with van der Waals surface area (Å²) >= 11 is 0. The molecule has 2 rings (SSSR count). The van der Waals surface area contributed by atoms with Crippen molar-refractivity contribution >= 4 is 5.78 Å². The molecule has 86 valence electrons. The standard InChI is InChI=1S/C12H21NO2/c1-2-3-9-4-5-10(14)6-12(9)13-7-11(15)8-13/h9,11-12,15H,2-8H2,1H3. The topological polar surface area (TPSA) is 40.5 Å². The fraction of sp³-hybridized carbons (Fsp3) is 0.917. The summed E-state index contributed by atoms with van der Waals surface area (Å²) < 4.78 is 0. The van der Waals surface area contributed by atoms with Gasteiger partial charge in [-0.2, -0.15) is 0 Å². The average molecular weight is 211 g/mol. The Morgan fingerprint density at radius 3 is 2.80 bits per heavy atom. The Morgan fingerprint density at radius 2 is 2.20 bits per heavy atom. The van der Waals surface area contributed by atoms with Crippen molar-refractivity contribution in [3.8, 4) is 0 Å². The van der Waals surface area contributed by atoms with Gasteiger partial charge in [0, 0.05) is 32.0 Å². The van der Waals surface area contributed by atoms with Crippen LogP contribution in [0.5, 0.6) is 0 Å². The molecule has 0 aromatic carbocycles. The highest BCUT2D eigenvalue weighted by Gasteiger charge is 2.38. The van der Waals surface area contributed by atoms with Gasteiger partial charge in [-0.3, -0.25) is 9.69 Å². The Bertz CT molecular complexity index is 236. The van der Waals surface area contributed by atoms with Gasteiger partial charge in [0.15, 0.2) is 0 Å². The summed E-state index contributed by atoms with van der Waals surface area (Å²) in [4.78, 5) is 13.8. The first-order valence-electron chi connectivity index (χ1n) is 6.14. The highest BCUT2D eigenvalue weighted by atomic mass is 16.3. The molecular weight excluding hydrogens is 190 g/mol. The highest BCUT2D eigenvalue weighted by Crippen LogP contribution is 2.32. The summed E-state index contributed by atoms with van der Waals surface area (Å²) in [5.74, 6) is 1.09. The molecule has 0 amide bonds. The van der Waals surface area contributed by atoms with E-state index in [4.69, 9.17) is 0 Å². The molecule has 3 nitrogen and oxygen atoms in total. The van der Waals surface area contributed by atoms with Crippen molar-refractivity contribution in [1.82, 2.24) is 4.90 Å². The van der Waals surface area contributed by atoms with E-state index < -0.39 is 0 Å². The average Bonchev–Trinajstić information content (AvgIpc) is 2.16.